The molecule has 0 saturated heterocycles. The number of allylic oxidation sites excluding steroid dienone is 4. The number of rotatable bonds is 0. The maximum absolute atomic E-state index is 3.34. The monoisotopic (exact) mass is 446 g/mol. The molecule has 0 N–H and O–H groups in total. The van der Waals surface area contributed by atoms with E-state index in [1.165, 1.54) is 56.9 Å². The van der Waals surface area contributed by atoms with Gasteiger partial charge >= 0.3 is 28.4 Å². The summed E-state index contributed by atoms with van der Waals surface area (Å²) >= 11 is 1.30. The summed E-state index contributed by atoms with van der Waals surface area (Å²) in [5, 5.41) is 5.39. The van der Waals surface area contributed by atoms with Gasteiger partial charge < -0.3 is 24.8 Å². The molecular weight excluding hydrogens is 426 g/mol. The Labute approximate surface area is 178 Å². The zero-order valence-electron chi connectivity index (χ0n) is 14.8. The Morgan fingerprint density at radius 3 is 1.64 bits per heavy atom. The van der Waals surface area contributed by atoms with Crippen molar-refractivity contribution in [2.24, 2.45) is 5.92 Å². The minimum atomic E-state index is 0. The average molecular weight is 449 g/mol. The maximum atomic E-state index is 3.34. The van der Waals surface area contributed by atoms with E-state index in [0.29, 0.717) is 5.92 Å². The number of fused-ring (bicyclic) bond motifs is 3. The Hall–Kier alpha value is -0.877. The van der Waals surface area contributed by atoms with Crippen LogP contribution in [-0.2, 0) is 24.2 Å². The summed E-state index contributed by atoms with van der Waals surface area (Å²) in [5.74, 6) is 0.551. The molecule has 0 bridgehead atoms. The molecule has 0 aromatic heterocycles. The molecule has 0 radical (unpaired) electrons. The van der Waals surface area contributed by atoms with Crippen LogP contribution >= 0.6 is 0 Å². The molecule has 3 aromatic carbocycles. The third-order valence-electron chi connectivity index (χ3n) is 4.06. The molecule has 0 amide bonds. The van der Waals surface area contributed by atoms with Crippen LogP contribution in [0.5, 0.6) is 0 Å². The molecule has 0 spiro atoms. The predicted molar refractivity (Wildman–Crippen MR) is 99.5 cm³/mol. The van der Waals surface area contributed by atoms with Gasteiger partial charge in [-0.05, 0) is 0 Å². The van der Waals surface area contributed by atoms with Gasteiger partial charge in [0, 0.05) is 0 Å². The number of halogens is 2. The van der Waals surface area contributed by atoms with Crippen LogP contribution in [0.15, 0.2) is 71.8 Å². The van der Waals surface area contributed by atoms with Crippen molar-refractivity contribution in [3.05, 3.63) is 77.9 Å². The van der Waals surface area contributed by atoms with Gasteiger partial charge in [0.15, 0.2) is 0 Å². The van der Waals surface area contributed by atoms with Crippen LogP contribution in [0.3, 0.4) is 0 Å². The normalized spacial score (nSPS) is 14.8. The second kappa shape index (κ2) is 11.7. The zero-order chi connectivity index (χ0) is 16.8. The minimum absolute atomic E-state index is 0. The summed E-state index contributed by atoms with van der Waals surface area (Å²) in [5.41, 5.74) is 2.70. The molecule has 130 valence electrons. The second-order valence-electron chi connectivity index (χ2n) is 5.73. The molecule has 0 fully saturated rings. The largest absolute Gasteiger partial charge is 1.00 e. The van der Waals surface area contributed by atoms with Crippen molar-refractivity contribution >= 4 is 25.8 Å². The van der Waals surface area contributed by atoms with Crippen LogP contribution in [-0.4, -0.2) is 4.21 Å². The van der Waals surface area contributed by atoms with Crippen molar-refractivity contribution in [2.45, 2.75) is 20.8 Å². The smallest absolute Gasteiger partial charge is 0.0771 e. The van der Waals surface area contributed by atoms with Crippen LogP contribution in [0.25, 0.3) is 21.5 Å². The molecule has 4 rings (SSSR count). The first-order valence-corrected chi connectivity index (χ1v) is 9.56. The molecule has 1 aliphatic rings. The van der Waals surface area contributed by atoms with E-state index in [2.05, 4.69) is 91.7 Å². The van der Waals surface area contributed by atoms with Crippen LogP contribution in [0, 0.1) is 12.0 Å². The number of hydrogen-bond acceptors (Lipinski definition) is 0. The van der Waals surface area contributed by atoms with E-state index >= 15 is 0 Å². The Morgan fingerprint density at radius 1 is 0.880 bits per heavy atom. The second-order valence-corrected chi connectivity index (χ2v) is 5.73. The molecular formula is C22H22Cl2Zr-2. The molecule has 0 heterocycles. The Balaban J connectivity index is 0.000000423. The van der Waals surface area contributed by atoms with E-state index < -0.39 is 0 Å². The SMILES string of the molecule is CC1=[C-]C(C)C=C1C.[CH2]=[Zr+2].[Cl-].[Cl-].c1ccc2c(c1)[cH-]c1ccccc12. The van der Waals surface area contributed by atoms with Gasteiger partial charge in [-0.3, -0.25) is 6.08 Å². The summed E-state index contributed by atoms with van der Waals surface area (Å²) in [6, 6.07) is 19.3. The topological polar surface area (TPSA) is 0 Å². The van der Waals surface area contributed by atoms with Gasteiger partial charge in [-0.1, -0.05) is 56.2 Å². The van der Waals surface area contributed by atoms with Gasteiger partial charge in [0.05, 0.1) is 0 Å². The molecule has 1 unspecified atom stereocenters. The quantitative estimate of drug-likeness (QED) is 0.426. The molecule has 25 heavy (non-hydrogen) atoms. The van der Waals surface area contributed by atoms with Crippen molar-refractivity contribution in [3.8, 4) is 0 Å². The van der Waals surface area contributed by atoms with Crippen LogP contribution in [0.1, 0.15) is 20.8 Å². The van der Waals surface area contributed by atoms with Crippen molar-refractivity contribution < 1.29 is 49.0 Å². The summed E-state index contributed by atoms with van der Waals surface area (Å²) in [6.45, 7) is 6.39. The first-order valence-electron chi connectivity index (χ1n) is 7.82. The summed E-state index contributed by atoms with van der Waals surface area (Å²) in [7, 11) is 0. The third-order valence-corrected chi connectivity index (χ3v) is 4.06. The maximum Gasteiger partial charge on any atom is -0.0771 e. The van der Waals surface area contributed by atoms with E-state index in [1.54, 1.807) is 0 Å². The van der Waals surface area contributed by atoms with Crippen molar-refractivity contribution in [1.82, 2.24) is 0 Å². The Morgan fingerprint density at radius 2 is 1.32 bits per heavy atom. The average Bonchev–Trinajstić information content (AvgIpc) is 3.09. The van der Waals surface area contributed by atoms with E-state index in [1.807, 2.05) is 0 Å². The fourth-order valence-electron chi connectivity index (χ4n) is 2.90. The van der Waals surface area contributed by atoms with Crippen molar-refractivity contribution in [1.29, 1.82) is 0 Å². The van der Waals surface area contributed by atoms with E-state index in [4.69, 9.17) is 0 Å². The predicted octanol–water partition coefficient (Wildman–Crippen LogP) is 0.0170. The van der Waals surface area contributed by atoms with Gasteiger partial charge in [-0.2, -0.15) is 6.08 Å². The van der Waals surface area contributed by atoms with Crippen molar-refractivity contribution in [3.63, 3.8) is 0 Å². The fraction of sp³-hybridized carbons (Fsp3) is 0.182. The molecule has 0 aliphatic heterocycles. The van der Waals surface area contributed by atoms with Crippen LogP contribution < -0.4 is 24.8 Å². The van der Waals surface area contributed by atoms with Gasteiger partial charge in [0.2, 0.25) is 0 Å². The summed E-state index contributed by atoms with van der Waals surface area (Å²) in [4.78, 5) is 0. The van der Waals surface area contributed by atoms with Crippen molar-refractivity contribution in [2.75, 3.05) is 0 Å². The molecule has 1 aliphatic carbocycles. The van der Waals surface area contributed by atoms with Gasteiger partial charge in [-0.15, -0.1) is 46.7 Å². The van der Waals surface area contributed by atoms with Gasteiger partial charge in [0.1, 0.15) is 0 Å². The molecule has 3 aromatic rings. The molecule has 0 saturated carbocycles. The van der Waals surface area contributed by atoms with Crippen LogP contribution in [0.2, 0.25) is 0 Å². The summed E-state index contributed by atoms with van der Waals surface area (Å²) < 4.78 is 3.34. The van der Waals surface area contributed by atoms with E-state index in [0.717, 1.165) is 0 Å². The Kier molecular flexibility index (Phi) is 11.3. The first-order chi connectivity index (χ1) is 11.1. The van der Waals surface area contributed by atoms with Gasteiger partial charge in [-0.25, -0.2) is 11.1 Å². The fourth-order valence-corrected chi connectivity index (χ4v) is 2.90. The standard InChI is InChI=1S/C13H9.C8H11.CH2.2ClH.Zr/c1-3-7-12-10(5-1)9-11-6-2-4-8-13(11)12;1-6-4-7(2)8(3)5-6;;;;/h1-9H;4,6H,1-3H3;1H2;2*1H;/q2*-1;;;;+2/p-2. The van der Waals surface area contributed by atoms with Gasteiger partial charge in [0.25, 0.3) is 0 Å². The minimum Gasteiger partial charge on any atom is -1.00 e. The summed E-state index contributed by atoms with van der Waals surface area (Å²) in [6.07, 6.45) is 5.52. The third kappa shape index (κ3) is 6.10. The number of benzene rings is 2. The number of hydrogen-bond donors (Lipinski definition) is 0. The van der Waals surface area contributed by atoms with E-state index in [-0.39, 0.29) is 24.8 Å². The first kappa shape index (κ1) is 24.1. The van der Waals surface area contributed by atoms with E-state index in [9.17, 15) is 0 Å². The molecule has 3 heteroatoms. The molecule has 0 nitrogen and oxygen atoms in total. The zero-order valence-corrected chi connectivity index (χ0v) is 18.8. The Bertz CT molecular complexity index is 790. The van der Waals surface area contributed by atoms with Crippen LogP contribution in [0.4, 0.5) is 0 Å². The molecule has 1 atom stereocenters.